The second-order valence-electron chi connectivity index (χ2n) is 4.85. The molecule has 3 aromatic rings. The lowest BCUT2D eigenvalue weighted by Gasteiger charge is -2.17. The van der Waals surface area contributed by atoms with Gasteiger partial charge in [0.1, 0.15) is 17.3 Å². The lowest BCUT2D eigenvalue weighted by atomic mass is 9.97. The maximum atomic E-state index is 13.9. The lowest BCUT2D eigenvalue weighted by Crippen LogP contribution is -2.17. The third-order valence-electron chi connectivity index (χ3n) is 3.55. The number of rotatable bonds is 3. The third-order valence-corrected chi connectivity index (χ3v) is 3.55. The van der Waals surface area contributed by atoms with Crippen molar-refractivity contribution in [3.8, 4) is 0 Å². The molecule has 1 N–H and O–H groups in total. The standard InChI is InChI=1S/C17H16FNO/c1-11-7-10-16(20-11)17(19-2)14-8-9-15(18)13-6-4-3-5-12(13)14/h3-10,17,19H,1-2H3. The molecule has 0 bridgehead atoms. The molecule has 2 nitrogen and oxygen atoms in total. The molecule has 3 rings (SSSR count). The Hall–Kier alpha value is -2.13. The highest BCUT2D eigenvalue weighted by Gasteiger charge is 2.18. The molecule has 0 aliphatic heterocycles. The number of furan rings is 1. The molecule has 1 aromatic heterocycles. The molecule has 0 amide bonds. The Morgan fingerprint density at radius 1 is 1.00 bits per heavy atom. The highest BCUT2D eigenvalue weighted by Crippen LogP contribution is 2.30. The van der Waals surface area contributed by atoms with Crippen LogP contribution in [0, 0.1) is 12.7 Å². The zero-order valence-electron chi connectivity index (χ0n) is 11.5. The topological polar surface area (TPSA) is 25.2 Å². The predicted octanol–water partition coefficient (Wildman–Crippen LogP) is 4.19. The van der Waals surface area contributed by atoms with E-state index in [1.165, 1.54) is 6.07 Å². The minimum absolute atomic E-state index is 0.0887. The van der Waals surface area contributed by atoms with Gasteiger partial charge < -0.3 is 9.73 Å². The monoisotopic (exact) mass is 269 g/mol. The van der Waals surface area contributed by atoms with Gasteiger partial charge in [0.15, 0.2) is 0 Å². The summed E-state index contributed by atoms with van der Waals surface area (Å²) in [6.07, 6.45) is 0. The zero-order chi connectivity index (χ0) is 14.1. The number of aryl methyl sites for hydroxylation is 1. The first-order valence-electron chi connectivity index (χ1n) is 6.61. The van der Waals surface area contributed by atoms with Crippen molar-refractivity contribution >= 4 is 10.8 Å². The average molecular weight is 269 g/mol. The third kappa shape index (κ3) is 2.10. The smallest absolute Gasteiger partial charge is 0.131 e. The Labute approximate surface area is 117 Å². The highest BCUT2D eigenvalue weighted by atomic mass is 19.1. The Bertz CT molecular complexity index is 748. The molecular weight excluding hydrogens is 253 g/mol. The SMILES string of the molecule is CNC(c1ccc(C)o1)c1ccc(F)c2ccccc12. The number of fused-ring (bicyclic) bond motifs is 1. The van der Waals surface area contributed by atoms with Gasteiger partial charge in [0.25, 0.3) is 0 Å². The number of benzene rings is 2. The number of hydrogen-bond acceptors (Lipinski definition) is 2. The van der Waals surface area contributed by atoms with E-state index in [1.54, 1.807) is 6.07 Å². The molecule has 0 spiro atoms. The van der Waals surface area contributed by atoms with E-state index in [0.29, 0.717) is 5.39 Å². The van der Waals surface area contributed by atoms with E-state index in [2.05, 4.69) is 5.32 Å². The molecule has 2 aromatic carbocycles. The van der Waals surface area contributed by atoms with E-state index in [0.717, 1.165) is 22.5 Å². The fourth-order valence-electron chi connectivity index (χ4n) is 2.60. The van der Waals surface area contributed by atoms with E-state index in [4.69, 9.17) is 4.42 Å². The maximum absolute atomic E-state index is 13.9. The summed E-state index contributed by atoms with van der Waals surface area (Å²) in [5.41, 5.74) is 1.01. The molecule has 0 aliphatic rings. The fraction of sp³-hybridized carbons (Fsp3) is 0.176. The van der Waals surface area contributed by atoms with E-state index >= 15 is 0 Å². The van der Waals surface area contributed by atoms with E-state index in [-0.39, 0.29) is 11.9 Å². The first kappa shape index (κ1) is 12.9. The van der Waals surface area contributed by atoms with Crippen LogP contribution in [0.4, 0.5) is 4.39 Å². The van der Waals surface area contributed by atoms with Crippen LogP contribution < -0.4 is 5.32 Å². The van der Waals surface area contributed by atoms with Crippen molar-refractivity contribution in [2.24, 2.45) is 0 Å². The van der Waals surface area contributed by atoms with Gasteiger partial charge in [0.05, 0.1) is 6.04 Å². The molecule has 0 saturated heterocycles. The van der Waals surface area contributed by atoms with Crippen molar-refractivity contribution in [1.29, 1.82) is 0 Å². The van der Waals surface area contributed by atoms with Crippen LogP contribution in [0.2, 0.25) is 0 Å². The van der Waals surface area contributed by atoms with Crippen molar-refractivity contribution in [2.75, 3.05) is 7.05 Å². The fourth-order valence-corrected chi connectivity index (χ4v) is 2.60. The van der Waals surface area contributed by atoms with Gasteiger partial charge in [0, 0.05) is 5.39 Å². The minimum Gasteiger partial charge on any atom is -0.464 e. The average Bonchev–Trinajstić information content (AvgIpc) is 2.89. The van der Waals surface area contributed by atoms with Crippen molar-refractivity contribution in [3.05, 3.63) is 71.4 Å². The van der Waals surface area contributed by atoms with E-state index < -0.39 is 0 Å². The van der Waals surface area contributed by atoms with Crippen LogP contribution in [0.3, 0.4) is 0 Å². The molecule has 1 heterocycles. The second-order valence-corrected chi connectivity index (χ2v) is 4.85. The van der Waals surface area contributed by atoms with Gasteiger partial charge in [-0.2, -0.15) is 0 Å². The van der Waals surface area contributed by atoms with Crippen molar-refractivity contribution < 1.29 is 8.81 Å². The molecular formula is C17H16FNO. The number of halogens is 1. The molecule has 20 heavy (non-hydrogen) atoms. The Kier molecular flexibility index (Phi) is 3.28. The summed E-state index contributed by atoms with van der Waals surface area (Å²) in [5.74, 6) is 1.50. The van der Waals surface area contributed by atoms with Crippen LogP contribution in [0.1, 0.15) is 23.1 Å². The molecule has 3 heteroatoms. The van der Waals surface area contributed by atoms with Gasteiger partial charge >= 0.3 is 0 Å². The van der Waals surface area contributed by atoms with Gasteiger partial charge in [-0.1, -0.05) is 30.3 Å². The van der Waals surface area contributed by atoms with Crippen LogP contribution in [-0.2, 0) is 0 Å². The van der Waals surface area contributed by atoms with Crippen molar-refractivity contribution in [1.82, 2.24) is 5.32 Å². The lowest BCUT2D eigenvalue weighted by molar-refractivity contribution is 0.445. The number of nitrogens with one attached hydrogen (secondary N) is 1. The summed E-state index contributed by atoms with van der Waals surface area (Å²) in [7, 11) is 1.88. The summed E-state index contributed by atoms with van der Waals surface area (Å²) in [4.78, 5) is 0. The summed E-state index contributed by atoms with van der Waals surface area (Å²) < 4.78 is 19.6. The molecule has 0 aliphatic carbocycles. The highest BCUT2D eigenvalue weighted by molar-refractivity contribution is 5.87. The van der Waals surface area contributed by atoms with Gasteiger partial charge in [-0.15, -0.1) is 0 Å². The Balaban J connectivity index is 2.20. The van der Waals surface area contributed by atoms with Crippen molar-refractivity contribution in [3.63, 3.8) is 0 Å². The quantitative estimate of drug-likeness (QED) is 0.771. The second kappa shape index (κ2) is 5.10. The maximum Gasteiger partial charge on any atom is 0.131 e. The normalized spacial score (nSPS) is 12.8. The van der Waals surface area contributed by atoms with Gasteiger partial charge in [-0.3, -0.25) is 0 Å². The van der Waals surface area contributed by atoms with Crippen LogP contribution in [0.25, 0.3) is 10.8 Å². The molecule has 102 valence electrons. The van der Waals surface area contributed by atoms with Crippen LogP contribution >= 0.6 is 0 Å². The molecule has 0 radical (unpaired) electrons. The van der Waals surface area contributed by atoms with Crippen LogP contribution in [0.5, 0.6) is 0 Å². The predicted molar refractivity (Wildman–Crippen MR) is 78.3 cm³/mol. The summed E-state index contributed by atoms with van der Waals surface area (Å²) in [6.45, 7) is 1.92. The Morgan fingerprint density at radius 2 is 1.75 bits per heavy atom. The summed E-state index contributed by atoms with van der Waals surface area (Å²) in [5, 5.41) is 4.78. The van der Waals surface area contributed by atoms with E-state index in [1.807, 2.05) is 50.4 Å². The largest absolute Gasteiger partial charge is 0.464 e. The summed E-state index contributed by atoms with van der Waals surface area (Å²) >= 11 is 0. The Morgan fingerprint density at radius 3 is 2.40 bits per heavy atom. The van der Waals surface area contributed by atoms with Crippen LogP contribution in [-0.4, -0.2) is 7.05 Å². The molecule has 1 atom stereocenters. The van der Waals surface area contributed by atoms with Crippen molar-refractivity contribution in [2.45, 2.75) is 13.0 Å². The molecule has 0 saturated carbocycles. The minimum atomic E-state index is -0.199. The number of hydrogen-bond donors (Lipinski definition) is 1. The van der Waals surface area contributed by atoms with E-state index in [9.17, 15) is 4.39 Å². The van der Waals surface area contributed by atoms with Crippen LogP contribution in [0.15, 0.2) is 52.9 Å². The first-order valence-corrected chi connectivity index (χ1v) is 6.61. The van der Waals surface area contributed by atoms with Gasteiger partial charge in [0.2, 0.25) is 0 Å². The first-order chi connectivity index (χ1) is 9.70. The molecule has 1 unspecified atom stereocenters. The zero-order valence-corrected chi connectivity index (χ0v) is 11.5. The molecule has 0 fully saturated rings. The summed E-state index contributed by atoms with van der Waals surface area (Å²) in [6, 6.07) is 14.6. The van der Waals surface area contributed by atoms with Gasteiger partial charge in [-0.25, -0.2) is 4.39 Å². The van der Waals surface area contributed by atoms with Gasteiger partial charge in [-0.05, 0) is 43.1 Å².